The van der Waals surface area contributed by atoms with Crippen LogP contribution >= 0.6 is 11.6 Å². The summed E-state index contributed by atoms with van der Waals surface area (Å²) < 4.78 is 6.50. The van der Waals surface area contributed by atoms with Crippen LogP contribution in [0.3, 0.4) is 0 Å². The summed E-state index contributed by atoms with van der Waals surface area (Å²) >= 11 is 5.95. The first kappa shape index (κ1) is 19.6. The van der Waals surface area contributed by atoms with Crippen LogP contribution < -0.4 is 5.56 Å². The number of benzene rings is 1. The van der Waals surface area contributed by atoms with Crippen molar-refractivity contribution in [3.63, 3.8) is 0 Å². The standard InChI is InChI=1S/C20H21ClN4O4/c1-12-17(13(2)29-23-12)19(27)24-7-5-20(28,6-8-24)10-25-11-22-16-9-14(21)3-4-15(16)18(25)26/h3-4,9,11,28H,5-8,10H2,1-2H3. The number of rotatable bonds is 3. The molecule has 0 atom stereocenters. The first-order valence-electron chi connectivity index (χ1n) is 9.37. The normalized spacial score (nSPS) is 16.3. The second-order valence-corrected chi connectivity index (χ2v) is 7.99. The molecule has 1 aliphatic rings. The predicted octanol–water partition coefficient (Wildman–Crippen LogP) is 2.32. The molecule has 29 heavy (non-hydrogen) atoms. The topological polar surface area (TPSA) is 101 Å². The van der Waals surface area contributed by atoms with Crippen LogP contribution in [0.4, 0.5) is 0 Å². The van der Waals surface area contributed by atoms with Crippen LogP contribution in [0.2, 0.25) is 5.02 Å². The Morgan fingerprint density at radius 3 is 2.69 bits per heavy atom. The van der Waals surface area contributed by atoms with E-state index in [1.54, 1.807) is 36.9 Å². The average Bonchev–Trinajstić information content (AvgIpc) is 3.02. The highest BCUT2D eigenvalue weighted by Crippen LogP contribution is 2.26. The Morgan fingerprint density at radius 2 is 2.03 bits per heavy atom. The molecule has 0 bridgehead atoms. The molecular formula is C20H21ClN4O4. The van der Waals surface area contributed by atoms with E-state index in [9.17, 15) is 14.7 Å². The van der Waals surface area contributed by atoms with Gasteiger partial charge in [0, 0.05) is 18.1 Å². The SMILES string of the molecule is Cc1noc(C)c1C(=O)N1CCC(O)(Cn2cnc3cc(Cl)ccc3c2=O)CC1. The quantitative estimate of drug-likeness (QED) is 0.703. The van der Waals surface area contributed by atoms with Gasteiger partial charge >= 0.3 is 0 Å². The largest absolute Gasteiger partial charge is 0.388 e. The average molecular weight is 417 g/mol. The number of carbonyl (C=O) groups is 1. The molecule has 9 heteroatoms. The second kappa shape index (κ2) is 7.27. The van der Waals surface area contributed by atoms with Crippen LogP contribution in [-0.4, -0.2) is 49.3 Å². The highest BCUT2D eigenvalue weighted by molar-refractivity contribution is 6.31. The fraction of sp³-hybridized carbons (Fsp3) is 0.400. The summed E-state index contributed by atoms with van der Waals surface area (Å²) in [5.41, 5.74) is 0.229. The van der Waals surface area contributed by atoms with E-state index in [1.807, 2.05) is 0 Å². The summed E-state index contributed by atoms with van der Waals surface area (Å²) in [6.07, 6.45) is 2.14. The zero-order valence-electron chi connectivity index (χ0n) is 16.2. The Kier molecular flexibility index (Phi) is 4.92. The number of likely N-dealkylation sites (tertiary alicyclic amines) is 1. The zero-order chi connectivity index (χ0) is 20.8. The number of aliphatic hydroxyl groups is 1. The highest BCUT2D eigenvalue weighted by atomic mass is 35.5. The van der Waals surface area contributed by atoms with Crippen molar-refractivity contribution in [2.45, 2.75) is 38.8 Å². The number of amides is 1. The van der Waals surface area contributed by atoms with Crippen molar-refractivity contribution in [3.8, 4) is 0 Å². The van der Waals surface area contributed by atoms with Gasteiger partial charge in [0.2, 0.25) is 0 Å². The van der Waals surface area contributed by atoms with Crippen molar-refractivity contribution in [2.75, 3.05) is 13.1 Å². The summed E-state index contributed by atoms with van der Waals surface area (Å²) in [6.45, 7) is 4.32. The van der Waals surface area contributed by atoms with E-state index >= 15 is 0 Å². The van der Waals surface area contributed by atoms with Gasteiger partial charge in [0.25, 0.3) is 11.5 Å². The van der Waals surface area contributed by atoms with E-state index in [2.05, 4.69) is 10.1 Å². The smallest absolute Gasteiger partial charge is 0.261 e. The van der Waals surface area contributed by atoms with Crippen molar-refractivity contribution in [3.05, 3.63) is 56.9 Å². The molecule has 1 amide bonds. The van der Waals surface area contributed by atoms with Gasteiger partial charge in [-0.1, -0.05) is 16.8 Å². The Labute approximate surface area is 171 Å². The molecule has 3 heterocycles. The lowest BCUT2D eigenvalue weighted by Crippen LogP contribution is -2.49. The molecule has 3 aromatic rings. The number of piperidine rings is 1. The Balaban J connectivity index is 1.50. The molecule has 0 spiro atoms. The van der Waals surface area contributed by atoms with Gasteiger partial charge in [-0.2, -0.15) is 0 Å². The lowest BCUT2D eigenvalue weighted by Gasteiger charge is -2.38. The lowest BCUT2D eigenvalue weighted by atomic mass is 9.90. The molecule has 1 aliphatic heterocycles. The molecule has 1 fully saturated rings. The van der Waals surface area contributed by atoms with Gasteiger partial charge in [-0.05, 0) is 44.9 Å². The van der Waals surface area contributed by atoms with Crippen molar-refractivity contribution in [1.82, 2.24) is 19.6 Å². The summed E-state index contributed by atoms with van der Waals surface area (Å²) in [4.78, 5) is 31.5. The molecule has 0 aliphatic carbocycles. The number of nitrogens with zero attached hydrogens (tertiary/aromatic N) is 4. The number of hydrogen-bond acceptors (Lipinski definition) is 6. The first-order chi connectivity index (χ1) is 13.8. The minimum absolute atomic E-state index is 0.116. The van der Waals surface area contributed by atoms with Gasteiger partial charge in [0.05, 0.1) is 35.1 Å². The summed E-state index contributed by atoms with van der Waals surface area (Å²) in [6, 6.07) is 4.92. The maximum Gasteiger partial charge on any atom is 0.261 e. The number of aryl methyl sites for hydroxylation is 2. The molecular weight excluding hydrogens is 396 g/mol. The predicted molar refractivity (Wildman–Crippen MR) is 107 cm³/mol. The molecule has 152 valence electrons. The molecule has 0 unspecified atom stereocenters. The Morgan fingerprint density at radius 1 is 1.31 bits per heavy atom. The fourth-order valence-electron chi connectivity index (χ4n) is 3.79. The van der Waals surface area contributed by atoms with Crippen molar-refractivity contribution >= 4 is 28.4 Å². The number of carbonyl (C=O) groups excluding carboxylic acids is 1. The van der Waals surface area contributed by atoms with E-state index < -0.39 is 5.60 Å². The van der Waals surface area contributed by atoms with Gasteiger partial charge < -0.3 is 14.5 Å². The van der Waals surface area contributed by atoms with Crippen molar-refractivity contribution < 1.29 is 14.4 Å². The van der Waals surface area contributed by atoms with Crippen molar-refractivity contribution in [1.29, 1.82) is 0 Å². The maximum absolute atomic E-state index is 12.8. The van der Waals surface area contributed by atoms with Gasteiger partial charge in [0.1, 0.15) is 11.3 Å². The molecule has 0 saturated carbocycles. The fourth-order valence-corrected chi connectivity index (χ4v) is 3.96. The zero-order valence-corrected chi connectivity index (χ0v) is 16.9. The van der Waals surface area contributed by atoms with Gasteiger partial charge in [-0.25, -0.2) is 4.98 Å². The van der Waals surface area contributed by atoms with Crippen LogP contribution in [0.1, 0.15) is 34.7 Å². The van der Waals surface area contributed by atoms with Crippen LogP contribution in [0.15, 0.2) is 33.8 Å². The Bertz CT molecular complexity index is 1130. The maximum atomic E-state index is 12.8. The minimum atomic E-state index is -1.10. The minimum Gasteiger partial charge on any atom is -0.388 e. The molecule has 8 nitrogen and oxygen atoms in total. The number of fused-ring (bicyclic) bond motifs is 1. The van der Waals surface area contributed by atoms with Crippen LogP contribution in [0.25, 0.3) is 10.9 Å². The third-order valence-electron chi connectivity index (χ3n) is 5.48. The van der Waals surface area contributed by atoms with Crippen LogP contribution in [0, 0.1) is 13.8 Å². The number of hydrogen-bond donors (Lipinski definition) is 1. The number of halogens is 1. The number of aromatic nitrogens is 3. The van der Waals surface area contributed by atoms with E-state index in [1.165, 1.54) is 10.9 Å². The van der Waals surface area contributed by atoms with E-state index in [-0.39, 0.29) is 18.0 Å². The third kappa shape index (κ3) is 3.65. The van der Waals surface area contributed by atoms with Crippen LogP contribution in [0.5, 0.6) is 0 Å². The lowest BCUT2D eigenvalue weighted by molar-refractivity contribution is -0.0299. The highest BCUT2D eigenvalue weighted by Gasteiger charge is 2.36. The monoisotopic (exact) mass is 416 g/mol. The molecule has 1 N–H and O–H groups in total. The van der Waals surface area contributed by atoms with E-state index in [4.69, 9.17) is 16.1 Å². The molecule has 0 radical (unpaired) electrons. The van der Waals surface area contributed by atoms with Crippen LogP contribution in [-0.2, 0) is 6.54 Å². The molecule has 2 aromatic heterocycles. The van der Waals surface area contributed by atoms with Gasteiger partial charge in [0.15, 0.2) is 0 Å². The second-order valence-electron chi connectivity index (χ2n) is 7.55. The summed E-state index contributed by atoms with van der Waals surface area (Å²) in [5.74, 6) is 0.340. The van der Waals surface area contributed by atoms with E-state index in [0.29, 0.717) is 58.9 Å². The molecule has 1 saturated heterocycles. The summed E-state index contributed by atoms with van der Waals surface area (Å²) in [5, 5.41) is 15.8. The van der Waals surface area contributed by atoms with Crippen molar-refractivity contribution in [2.24, 2.45) is 0 Å². The third-order valence-corrected chi connectivity index (χ3v) is 5.72. The van der Waals surface area contributed by atoms with Gasteiger partial charge in [-0.3, -0.25) is 14.2 Å². The van der Waals surface area contributed by atoms with Gasteiger partial charge in [-0.15, -0.1) is 0 Å². The molecule has 1 aromatic carbocycles. The summed E-state index contributed by atoms with van der Waals surface area (Å²) in [7, 11) is 0. The molecule has 4 rings (SSSR count). The first-order valence-corrected chi connectivity index (χ1v) is 9.74. The van der Waals surface area contributed by atoms with E-state index in [0.717, 1.165) is 0 Å². The Hall–Kier alpha value is -2.71.